The van der Waals surface area contributed by atoms with Crippen LogP contribution in [0.1, 0.15) is 60.8 Å². The van der Waals surface area contributed by atoms with Crippen molar-refractivity contribution >= 4 is 11.9 Å². The first-order valence-electron chi connectivity index (χ1n) is 19.4. The van der Waals surface area contributed by atoms with Gasteiger partial charge in [-0.2, -0.15) is 0 Å². The van der Waals surface area contributed by atoms with E-state index in [0.29, 0.717) is 37.9 Å². The smallest absolute Gasteiger partial charge is 0.332 e. The molecule has 4 aromatic rings. The van der Waals surface area contributed by atoms with Gasteiger partial charge in [0.1, 0.15) is 24.7 Å². The second kappa shape index (κ2) is 15.4. The van der Waals surface area contributed by atoms with Gasteiger partial charge in [-0.1, -0.05) is 97.1 Å². The van der Waals surface area contributed by atoms with Crippen LogP contribution in [0, 0.1) is 11.8 Å². The summed E-state index contributed by atoms with van der Waals surface area (Å²) in [5, 5.41) is 0. The maximum Gasteiger partial charge on any atom is 0.332 e. The van der Waals surface area contributed by atoms with Crippen LogP contribution < -0.4 is 9.47 Å². The summed E-state index contributed by atoms with van der Waals surface area (Å²) in [4.78, 5) is 31.6. The number of nitrogens with zero attached hydrogens (tertiary/aromatic N) is 2. The van der Waals surface area contributed by atoms with Crippen LogP contribution in [0.25, 0.3) is 0 Å². The quantitative estimate of drug-likeness (QED) is 0.0668. The normalized spacial score (nSPS) is 22.7. The standard InChI is InChI=1S/C46H50N2O6/c1-47(29-33-21-22-33)41(27-45(35-13-5-3-6-14-35)31-51-39-19-11-9-17-37(39)45)53-43(49)25-26-44(50)54-42(48(2)30-34-23-24-34)28-46(36-15-7-4-8-16-36)32-52-40-20-12-10-18-38(40)46/h3-20,25-26,33-34,41-42H,21-24,27-32H2,1-2H3/b26-25+. The molecule has 0 N–H and O–H groups in total. The maximum atomic E-state index is 13.6. The summed E-state index contributed by atoms with van der Waals surface area (Å²) < 4.78 is 25.1. The molecule has 8 nitrogen and oxygen atoms in total. The molecule has 2 aliphatic heterocycles. The molecule has 4 atom stereocenters. The molecule has 4 aliphatic rings. The third kappa shape index (κ3) is 7.68. The number of para-hydroxylation sites is 2. The summed E-state index contributed by atoms with van der Waals surface area (Å²) in [6.07, 6.45) is 7.01. The van der Waals surface area contributed by atoms with E-state index in [-0.39, 0.29) is 0 Å². The fourth-order valence-corrected chi connectivity index (χ4v) is 8.40. The molecule has 8 heteroatoms. The Labute approximate surface area is 318 Å². The minimum absolute atomic E-state index is 0.444. The Kier molecular flexibility index (Phi) is 10.3. The molecule has 2 heterocycles. The fourth-order valence-electron chi connectivity index (χ4n) is 8.40. The van der Waals surface area contributed by atoms with Gasteiger partial charge in [0.25, 0.3) is 0 Å². The lowest BCUT2D eigenvalue weighted by molar-refractivity contribution is -0.157. The van der Waals surface area contributed by atoms with E-state index < -0.39 is 35.2 Å². The molecule has 4 aromatic carbocycles. The van der Waals surface area contributed by atoms with E-state index in [9.17, 15) is 9.59 Å². The molecule has 0 bridgehead atoms. The molecule has 0 aromatic heterocycles. The van der Waals surface area contributed by atoms with Crippen molar-refractivity contribution in [1.29, 1.82) is 0 Å². The number of benzene rings is 4. The van der Waals surface area contributed by atoms with Crippen LogP contribution >= 0.6 is 0 Å². The van der Waals surface area contributed by atoms with Crippen LogP contribution in [0.15, 0.2) is 121 Å². The average Bonchev–Trinajstić information content (AvgIpc) is 4.14. The van der Waals surface area contributed by atoms with E-state index >= 15 is 0 Å². The summed E-state index contributed by atoms with van der Waals surface area (Å²) in [6, 6.07) is 36.9. The maximum absolute atomic E-state index is 13.6. The Morgan fingerprint density at radius 2 is 0.981 bits per heavy atom. The Balaban J connectivity index is 1.01. The molecular weight excluding hydrogens is 677 g/mol. The molecule has 2 fully saturated rings. The van der Waals surface area contributed by atoms with Gasteiger partial charge in [0.15, 0.2) is 12.5 Å². The third-order valence-electron chi connectivity index (χ3n) is 11.8. The fraction of sp³-hybridized carbons (Fsp3) is 0.391. The number of fused-ring (bicyclic) bond motifs is 2. The van der Waals surface area contributed by atoms with Crippen molar-refractivity contribution in [2.24, 2.45) is 11.8 Å². The van der Waals surface area contributed by atoms with Gasteiger partial charge < -0.3 is 18.9 Å². The van der Waals surface area contributed by atoms with Crippen LogP contribution in [-0.4, -0.2) is 74.6 Å². The Morgan fingerprint density at radius 3 is 1.37 bits per heavy atom. The van der Waals surface area contributed by atoms with Gasteiger partial charge in [0, 0.05) is 49.2 Å². The molecule has 54 heavy (non-hydrogen) atoms. The second-order valence-electron chi connectivity index (χ2n) is 15.8. The lowest BCUT2D eigenvalue weighted by Gasteiger charge is -2.36. The molecule has 0 saturated heterocycles. The zero-order valence-electron chi connectivity index (χ0n) is 31.3. The number of esters is 2. The molecule has 0 amide bonds. The third-order valence-corrected chi connectivity index (χ3v) is 11.8. The lowest BCUT2D eigenvalue weighted by Crippen LogP contribution is -2.44. The summed E-state index contributed by atoms with van der Waals surface area (Å²) >= 11 is 0. The molecule has 8 rings (SSSR count). The van der Waals surface area contributed by atoms with Gasteiger partial charge >= 0.3 is 11.9 Å². The van der Waals surface area contributed by atoms with Crippen molar-refractivity contribution < 1.29 is 28.5 Å². The minimum Gasteiger partial charge on any atom is -0.492 e. The monoisotopic (exact) mass is 726 g/mol. The first-order valence-corrected chi connectivity index (χ1v) is 19.4. The van der Waals surface area contributed by atoms with Gasteiger partial charge in [-0.3, -0.25) is 9.80 Å². The Morgan fingerprint density at radius 1 is 0.611 bits per heavy atom. The summed E-state index contributed by atoms with van der Waals surface area (Å²) in [7, 11) is 4.03. The van der Waals surface area contributed by atoms with Crippen LogP contribution in [0.3, 0.4) is 0 Å². The van der Waals surface area contributed by atoms with Crippen LogP contribution in [0.4, 0.5) is 0 Å². The molecule has 0 radical (unpaired) electrons. The van der Waals surface area contributed by atoms with Gasteiger partial charge in [0.05, 0.1) is 10.8 Å². The first-order chi connectivity index (χ1) is 26.3. The molecule has 2 saturated carbocycles. The molecule has 2 aliphatic carbocycles. The van der Waals surface area contributed by atoms with Crippen molar-refractivity contribution in [1.82, 2.24) is 9.80 Å². The van der Waals surface area contributed by atoms with E-state index in [2.05, 4.69) is 46.2 Å². The second-order valence-corrected chi connectivity index (χ2v) is 15.8. The molecule has 0 spiro atoms. The van der Waals surface area contributed by atoms with Gasteiger partial charge in [-0.25, -0.2) is 9.59 Å². The van der Waals surface area contributed by atoms with E-state index in [1.165, 1.54) is 37.8 Å². The molecular formula is C46H50N2O6. The van der Waals surface area contributed by atoms with E-state index in [4.69, 9.17) is 18.9 Å². The predicted octanol–water partition coefficient (Wildman–Crippen LogP) is 7.50. The Bertz CT molecular complexity index is 1820. The highest BCUT2D eigenvalue weighted by molar-refractivity contribution is 5.91. The largest absolute Gasteiger partial charge is 0.492 e. The Hall–Kier alpha value is -4.92. The topological polar surface area (TPSA) is 77.5 Å². The highest BCUT2D eigenvalue weighted by atomic mass is 16.6. The highest BCUT2D eigenvalue weighted by Crippen LogP contribution is 2.49. The number of hydrogen-bond donors (Lipinski definition) is 0. The zero-order chi connectivity index (χ0) is 37.1. The first kappa shape index (κ1) is 36.1. The number of carbonyl (C=O) groups is 2. The van der Waals surface area contributed by atoms with Crippen molar-refractivity contribution in [3.8, 4) is 11.5 Å². The van der Waals surface area contributed by atoms with Crippen molar-refractivity contribution in [3.63, 3.8) is 0 Å². The van der Waals surface area contributed by atoms with Gasteiger partial charge in [-0.05, 0) is 74.9 Å². The summed E-state index contributed by atoms with van der Waals surface area (Å²) in [5.41, 5.74) is 3.36. The zero-order valence-corrected chi connectivity index (χ0v) is 31.3. The summed E-state index contributed by atoms with van der Waals surface area (Å²) in [5.74, 6) is 1.70. The number of rotatable bonds is 16. The summed E-state index contributed by atoms with van der Waals surface area (Å²) in [6.45, 7) is 2.53. The van der Waals surface area contributed by atoms with Crippen molar-refractivity contribution in [2.45, 2.75) is 61.8 Å². The number of carbonyl (C=O) groups excluding carboxylic acids is 2. The SMILES string of the molecule is CN(CC1CC1)C(CC1(c2ccccc2)COc2ccccc21)OC(=O)/C=C/C(=O)OC(CC1(c2ccccc2)COc2ccccc21)N(C)CC1CC1. The van der Waals surface area contributed by atoms with Crippen molar-refractivity contribution in [2.75, 3.05) is 40.4 Å². The van der Waals surface area contributed by atoms with E-state index in [1.54, 1.807) is 0 Å². The average molecular weight is 727 g/mol. The van der Waals surface area contributed by atoms with Gasteiger partial charge in [-0.15, -0.1) is 0 Å². The van der Waals surface area contributed by atoms with E-state index in [0.717, 1.165) is 46.8 Å². The minimum atomic E-state index is -0.586. The van der Waals surface area contributed by atoms with Crippen LogP contribution in [0.2, 0.25) is 0 Å². The molecule has 280 valence electrons. The number of ether oxygens (including phenoxy) is 4. The molecule has 4 unspecified atom stereocenters. The van der Waals surface area contributed by atoms with Crippen LogP contribution in [-0.2, 0) is 29.9 Å². The van der Waals surface area contributed by atoms with E-state index in [1.807, 2.05) is 86.9 Å². The predicted molar refractivity (Wildman–Crippen MR) is 207 cm³/mol. The lowest BCUT2D eigenvalue weighted by atomic mass is 9.73. The van der Waals surface area contributed by atoms with Crippen molar-refractivity contribution in [3.05, 3.63) is 144 Å². The highest BCUT2D eigenvalue weighted by Gasteiger charge is 2.47. The van der Waals surface area contributed by atoms with Gasteiger partial charge in [0.2, 0.25) is 0 Å². The van der Waals surface area contributed by atoms with Crippen LogP contribution in [0.5, 0.6) is 11.5 Å². The number of hydrogen-bond acceptors (Lipinski definition) is 8.